The predicted octanol–water partition coefficient (Wildman–Crippen LogP) is 0.675. The molecule has 1 saturated heterocycles. The van der Waals surface area contributed by atoms with E-state index in [1.807, 2.05) is 13.8 Å². The minimum Gasteiger partial charge on any atom is -0.373 e. The molecule has 2 atom stereocenters. The average molecular weight is 339 g/mol. The molecule has 2 aromatic rings. The molecule has 1 aliphatic rings. The third-order valence-electron chi connectivity index (χ3n) is 4.27. The number of hydrogen-bond acceptors (Lipinski definition) is 4. The second-order valence-corrected chi connectivity index (χ2v) is 8.07. The first-order valence-corrected chi connectivity index (χ1v) is 8.97. The summed E-state index contributed by atoms with van der Waals surface area (Å²) in [6.07, 6.45) is -0.281. The van der Waals surface area contributed by atoms with Gasteiger partial charge >= 0.3 is 5.69 Å². The fourth-order valence-corrected chi connectivity index (χ4v) is 4.73. The van der Waals surface area contributed by atoms with Crippen LogP contribution in [0.5, 0.6) is 0 Å². The number of fused-ring (bicyclic) bond motifs is 1. The number of imidazole rings is 1. The summed E-state index contributed by atoms with van der Waals surface area (Å²) in [5, 5.41) is 0. The van der Waals surface area contributed by atoms with Gasteiger partial charge in [-0.05, 0) is 32.0 Å². The van der Waals surface area contributed by atoms with E-state index in [-0.39, 0.29) is 22.8 Å². The molecular formula is C15H21N3O4S. The van der Waals surface area contributed by atoms with Gasteiger partial charge in [0.2, 0.25) is 10.0 Å². The monoisotopic (exact) mass is 339 g/mol. The lowest BCUT2D eigenvalue weighted by Crippen LogP contribution is -2.48. The molecule has 2 heterocycles. The fourth-order valence-electron chi connectivity index (χ4n) is 3.12. The Hall–Kier alpha value is -1.64. The van der Waals surface area contributed by atoms with E-state index in [0.717, 1.165) is 0 Å². The first-order chi connectivity index (χ1) is 10.7. The minimum atomic E-state index is -3.61. The van der Waals surface area contributed by atoms with Crippen molar-refractivity contribution in [1.29, 1.82) is 0 Å². The third kappa shape index (κ3) is 2.60. The molecule has 7 nitrogen and oxygen atoms in total. The van der Waals surface area contributed by atoms with Gasteiger partial charge in [-0.1, -0.05) is 0 Å². The van der Waals surface area contributed by atoms with E-state index in [2.05, 4.69) is 0 Å². The standard InChI is InChI=1S/C15H21N3O4S/c1-10-8-18(9-11(2)22-10)23(20,21)12-5-6-13-14(7-12)17(4)15(19)16(13)3/h5-7,10-11H,8-9H2,1-4H3/t10-,11-/m1/s1. The lowest BCUT2D eigenvalue weighted by Gasteiger charge is -2.34. The highest BCUT2D eigenvalue weighted by Crippen LogP contribution is 2.24. The normalized spacial score (nSPS) is 23.5. The van der Waals surface area contributed by atoms with Gasteiger partial charge in [-0.15, -0.1) is 0 Å². The Kier molecular flexibility index (Phi) is 3.86. The number of sulfonamides is 1. The lowest BCUT2D eigenvalue weighted by molar-refractivity contribution is -0.0440. The van der Waals surface area contributed by atoms with Gasteiger partial charge in [-0.3, -0.25) is 9.13 Å². The third-order valence-corrected chi connectivity index (χ3v) is 6.09. The number of ether oxygens (including phenoxy) is 1. The maximum absolute atomic E-state index is 12.9. The number of aryl methyl sites for hydroxylation is 2. The highest BCUT2D eigenvalue weighted by molar-refractivity contribution is 7.89. The molecule has 0 saturated carbocycles. The second-order valence-electron chi connectivity index (χ2n) is 6.13. The van der Waals surface area contributed by atoms with Crippen LogP contribution >= 0.6 is 0 Å². The number of nitrogens with zero attached hydrogens (tertiary/aromatic N) is 3. The van der Waals surface area contributed by atoms with Gasteiger partial charge in [0.15, 0.2) is 0 Å². The van der Waals surface area contributed by atoms with Crippen molar-refractivity contribution >= 4 is 21.1 Å². The quantitative estimate of drug-likeness (QED) is 0.806. The maximum atomic E-state index is 12.9. The van der Waals surface area contributed by atoms with Crippen LogP contribution in [0.1, 0.15) is 13.8 Å². The summed E-state index contributed by atoms with van der Waals surface area (Å²) in [6, 6.07) is 4.80. The van der Waals surface area contributed by atoms with Crippen molar-refractivity contribution < 1.29 is 13.2 Å². The highest BCUT2D eigenvalue weighted by atomic mass is 32.2. The summed E-state index contributed by atoms with van der Waals surface area (Å²) in [6.45, 7) is 4.39. The van der Waals surface area contributed by atoms with E-state index in [1.54, 1.807) is 32.3 Å². The SMILES string of the molecule is C[C@@H]1CN(S(=O)(=O)c2ccc3c(c2)n(C)c(=O)n3C)C[C@@H](C)O1. The predicted molar refractivity (Wildman–Crippen MR) is 86.9 cm³/mol. The van der Waals surface area contributed by atoms with Crippen LogP contribution in [0.4, 0.5) is 0 Å². The zero-order valence-electron chi connectivity index (χ0n) is 13.7. The van der Waals surface area contributed by atoms with E-state index in [1.165, 1.54) is 13.4 Å². The lowest BCUT2D eigenvalue weighted by atomic mass is 10.3. The molecule has 8 heteroatoms. The largest absolute Gasteiger partial charge is 0.373 e. The molecule has 0 radical (unpaired) electrons. The topological polar surface area (TPSA) is 73.5 Å². The maximum Gasteiger partial charge on any atom is 0.328 e. The molecule has 0 aliphatic carbocycles. The van der Waals surface area contributed by atoms with Crippen molar-refractivity contribution in [2.75, 3.05) is 13.1 Å². The summed E-state index contributed by atoms with van der Waals surface area (Å²) in [5.41, 5.74) is 1.14. The second kappa shape index (κ2) is 5.47. The van der Waals surface area contributed by atoms with Gasteiger partial charge < -0.3 is 4.74 Å². The zero-order valence-corrected chi connectivity index (χ0v) is 14.5. The van der Waals surface area contributed by atoms with Gasteiger partial charge in [0.25, 0.3) is 0 Å². The molecule has 1 aliphatic heterocycles. The summed E-state index contributed by atoms with van der Waals surface area (Å²) in [4.78, 5) is 12.2. The van der Waals surface area contributed by atoms with Gasteiger partial charge in [-0.2, -0.15) is 4.31 Å². The van der Waals surface area contributed by atoms with Crippen molar-refractivity contribution in [3.05, 3.63) is 28.7 Å². The van der Waals surface area contributed by atoms with Crippen LogP contribution in [0, 0.1) is 0 Å². The Morgan fingerprint density at radius 2 is 1.61 bits per heavy atom. The Labute approximate surface area is 135 Å². The number of aromatic nitrogens is 2. The van der Waals surface area contributed by atoms with E-state index >= 15 is 0 Å². The van der Waals surface area contributed by atoms with Gasteiger partial charge in [0.1, 0.15) is 0 Å². The van der Waals surface area contributed by atoms with E-state index in [0.29, 0.717) is 24.1 Å². The first-order valence-electron chi connectivity index (χ1n) is 7.53. The summed E-state index contributed by atoms with van der Waals surface area (Å²) in [5.74, 6) is 0. The molecule has 1 fully saturated rings. The Morgan fingerprint density at radius 3 is 2.22 bits per heavy atom. The van der Waals surface area contributed by atoms with Crippen molar-refractivity contribution in [2.24, 2.45) is 14.1 Å². The summed E-state index contributed by atoms with van der Waals surface area (Å²) in [7, 11) is -0.301. The van der Waals surface area contributed by atoms with Crippen LogP contribution in [0.3, 0.4) is 0 Å². The van der Waals surface area contributed by atoms with Crippen LogP contribution in [-0.4, -0.2) is 47.2 Å². The molecular weight excluding hydrogens is 318 g/mol. The highest BCUT2D eigenvalue weighted by Gasteiger charge is 2.32. The van der Waals surface area contributed by atoms with E-state index < -0.39 is 10.0 Å². The summed E-state index contributed by atoms with van der Waals surface area (Å²) < 4.78 is 35.8. The van der Waals surface area contributed by atoms with Crippen LogP contribution in [0.2, 0.25) is 0 Å². The van der Waals surface area contributed by atoms with Crippen LogP contribution in [-0.2, 0) is 28.9 Å². The Balaban J connectivity index is 2.08. The number of benzene rings is 1. The molecule has 1 aromatic carbocycles. The molecule has 1 aromatic heterocycles. The average Bonchev–Trinajstić information content (AvgIpc) is 2.71. The van der Waals surface area contributed by atoms with Crippen molar-refractivity contribution in [2.45, 2.75) is 31.0 Å². The molecule has 0 amide bonds. The zero-order chi connectivity index (χ0) is 16.9. The van der Waals surface area contributed by atoms with Gasteiger partial charge in [-0.25, -0.2) is 13.2 Å². The molecule has 3 rings (SSSR count). The number of morpholine rings is 1. The number of hydrogen-bond donors (Lipinski definition) is 0. The Bertz CT molecular complexity index is 903. The molecule has 0 N–H and O–H groups in total. The van der Waals surface area contributed by atoms with Crippen molar-refractivity contribution in [3.63, 3.8) is 0 Å². The van der Waals surface area contributed by atoms with Crippen molar-refractivity contribution in [3.8, 4) is 0 Å². The summed E-state index contributed by atoms with van der Waals surface area (Å²) >= 11 is 0. The molecule has 126 valence electrons. The molecule has 0 unspecified atom stereocenters. The smallest absolute Gasteiger partial charge is 0.328 e. The van der Waals surface area contributed by atoms with Gasteiger partial charge in [0.05, 0.1) is 28.1 Å². The first kappa shape index (κ1) is 16.2. The molecule has 0 spiro atoms. The number of rotatable bonds is 2. The van der Waals surface area contributed by atoms with E-state index in [9.17, 15) is 13.2 Å². The van der Waals surface area contributed by atoms with Gasteiger partial charge in [0, 0.05) is 27.2 Å². The Morgan fingerprint density at radius 1 is 1.04 bits per heavy atom. The van der Waals surface area contributed by atoms with Crippen LogP contribution < -0.4 is 5.69 Å². The van der Waals surface area contributed by atoms with Crippen molar-refractivity contribution in [1.82, 2.24) is 13.4 Å². The van der Waals surface area contributed by atoms with Crippen LogP contribution in [0.25, 0.3) is 11.0 Å². The van der Waals surface area contributed by atoms with Crippen LogP contribution in [0.15, 0.2) is 27.9 Å². The van der Waals surface area contributed by atoms with E-state index in [4.69, 9.17) is 4.74 Å². The molecule has 23 heavy (non-hydrogen) atoms. The molecule has 0 bridgehead atoms. The fraction of sp³-hybridized carbons (Fsp3) is 0.533. The minimum absolute atomic E-state index is 0.140.